The van der Waals surface area contributed by atoms with Gasteiger partial charge in [0.2, 0.25) is 0 Å². The first-order chi connectivity index (χ1) is 12.6. The number of carbonyl (C=O) groups is 1. The molecule has 0 atom stereocenters. The van der Waals surface area contributed by atoms with Crippen molar-refractivity contribution in [3.63, 3.8) is 0 Å². The van der Waals surface area contributed by atoms with E-state index in [0.29, 0.717) is 35.8 Å². The Bertz CT molecular complexity index is 937. The van der Waals surface area contributed by atoms with Crippen LogP contribution >= 0.6 is 0 Å². The van der Waals surface area contributed by atoms with Crippen molar-refractivity contribution in [2.75, 3.05) is 13.6 Å². The number of nitrogens with zero attached hydrogens (tertiary/aromatic N) is 4. The molecule has 0 aliphatic heterocycles. The van der Waals surface area contributed by atoms with Crippen LogP contribution in [0.3, 0.4) is 0 Å². The molecule has 0 N–H and O–H groups in total. The summed E-state index contributed by atoms with van der Waals surface area (Å²) < 4.78 is 5.30. The smallest absolute Gasteiger partial charge is 0.257 e. The number of rotatable bonds is 5. The zero-order valence-corrected chi connectivity index (χ0v) is 14.6. The maximum absolute atomic E-state index is 12.4. The first kappa shape index (κ1) is 17.4. The molecule has 0 bridgehead atoms. The van der Waals surface area contributed by atoms with Gasteiger partial charge < -0.3 is 9.42 Å². The van der Waals surface area contributed by atoms with Crippen molar-refractivity contribution in [2.45, 2.75) is 13.3 Å². The predicted octanol–water partition coefficient (Wildman–Crippen LogP) is 3.23. The largest absolute Gasteiger partial charge is 0.341 e. The highest BCUT2D eigenvalue weighted by atomic mass is 16.5. The Morgan fingerprint density at radius 1 is 1.15 bits per heavy atom. The summed E-state index contributed by atoms with van der Waals surface area (Å²) in [6, 6.07) is 16.5. The molecule has 0 aliphatic carbocycles. The molecule has 1 amide bonds. The molecule has 0 fully saturated rings. The molecule has 26 heavy (non-hydrogen) atoms. The van der Waals surface area contributed by atoms with Gasteiger partial charge in [0, 0.05) is 31.1 Å². The van der Waals surface area contributed by atoms with E-state index in [1.807, 2.05) is 37.3 Å². The van der Waals surface area contributed by atoms with Crippen LogP contribution in [0.25, 0.3) is 11.5 Å². The van der Waals surface area contributed by atoms with E-state index in [2.05, 4.69) is 10.1 Å². The van der Waals surface area contributed by atoms with Gasteiger partial charge in [-0.25, -0.2) is 0 Å². The summed E-state index contributed by atoms with van der Waals surface area (Å²) in [4.78, 5) is 18.4. The molecule has 1 aromatic heterocycles. The van der Waals surface area contributed by atoms with Crippen molar-refractivity contribution in [3.8, 4) is 17.5 Å². The topological polar surface area (TPSA) is 83.0 Å². The maximum atomic E-state index is 12.4. The summed E-state index contributed by atoms with van der Waals surface area (Å²) in [7, 11) is 1.72. The molecule has 0 saturated carbocycles. The lowest BCUT2D eigenvalue weighted by Crippen LogP contribution is -2.29. The zero-order valence-electron chi connectivity index (χ0n) is 14.6. The maximum Gasteiger partial charge on any atom is 0.257 e. The van der Waals surface area contributed by atoms with Crippen LogP contribution < -0.4 is 0 Å². The van der Waals surface area contributed by atoms with Gasteiger partial charge in [0.25, 0.3) is 11.8 Å². The Labute approximate surface area is 151 Å². The summed E-state index contributed by atoms with van der Waals surface area (Å²) in [5.74, 6) is 0.915. The second kappa shape index (κ2) is 7.62. The lowest BCUT2D eigenvalue weighted by Gasteiger charge is -2.16. The van der Waals surface area contributed by atoms with Gasteiger partial charge >= 0.3 is 0 Å². The normalized spacial score (nSPS) is 10.3. The summed E-state index contributed by atoms with van der Waals surface area (Å²) in [5, 5.41) is 12.8. The van der Waals surface area contributed by atoms with E-state index in [-0.39, 0.29) is 5.91 Å². The number of hydrogen-bond acceptors (Lipinski definition) is 5. The predicted molar refractivity (Wildman–Crippen MR) is 96.3 cm³/mol. The van der Waals surface area contributed by atoms with E-state index in [1.54, 1.807) is 36.2 Å². The number of aryl methyl sites for hydroxylation is 1. The molecule has 3 rings (SSSR count). The molecule has 6 heteroatoms. The van der Waals surface area contributed by atoms with E-state index in [4.69, 9.17) is 9.78 Å². The molecule has 0 saturated heterocycles. The Balaban J connectivity index is 1.60. The molecule has 0 unspecified atom stereocenters. The minimum atomic E-state index is -0.114. The van der Waals surface area contributed by atoms with E-state index < -0.39 is 0 Å². The van der Waals surface area contributed by atoms with Gasteiger partial charge in [-0.15, -0.1) is 0 Å². The van der Waals surface area contributed by atoms with Gasteiger partial charge in [0.15, 0.2) is 5.82 Å². The Morgan fingerprint density at radius 2 is 1.85 bits per heavy atom. The highest BCUT2D eigenvalue weighted by Gasteiger charge is 2.14. The van der Waals surface area contributed by atoms with Crippen molar-refractivity contribution in [1.29, 1.82) is 5.26 Å². The molecule has 130 valence electrons. The van der Waals surface area contributed by atoms with Crippen LogP contribution in [0.5, 0.6) is 0 Å². The van der Waals surface area contributed by atoms with E-state index in [0.717, 1.165) is 11.1 Å². The molecular weight excluding hydrogens is 328 g/mol. The quantitative estimate of drug-likeness (QED) is 0.708. The molecule has 0 radical (unpaired) electrons. The molecule has 1 heterocycles. The van der Waals surface area contributed by atoms with Gasteiger partial charge in [0.1, 0.15) is 0 Å². The number of nitriles is 1. The van der Waals surface area contributed by atoms with Crippen LogP contribution in [0.2, 0.25) is 0 Å². The second-order valence-corrected chi connectivity index (χ2v) is 6.05. The number of hydrogen-bond donors (Lipinski definition) is 0. The van der Waals surface area contributed by atoms with Gasteiger partial charge in [-0.3, -0.25) is 4.79 Å². The van der Waals surface area contributed by atoms with Gasteiger partial charge in [-0.05, 0) is 43.3 Å². The average Bonchev–Trinajstić information content (AvgIpc) is 3.15. The lowest BCUT2D eigenvalue weighted by molar-refractivity contribution is 0.0796. The molecular formula is C20H18N4O2. The number of aromatic nitrogens is 2. The highest BCUT2D eigenvalue weighted by molar-refractivity contribution is 5.94. The first-order valence-electron chi connectivity index (χ1n) is 8.22. The highest BCUT2D eigenvalue weighted by Crippen LogP contribution is 2.17. The van der Waals surface area contributed by atoms with E-state index >= 15 is 0 Å². The number of benzene rings is 2. The van der Waals surface area contributed by atoms with Crippen LogP contribution in [0.1, 0.15) is 27.3 Å². The SMILES string of the molecule is Cc1ccc(-c2nc(CCN(C)C(=O)c3ccc(C#N)cc3)no2)cc1. The fourth-order valence-electron chi connectivity index (χ4n) is 2.45. The Hall–Kier alpha value is -3.46. The fraction of sp³-hybridized carbons (Fsp3) is 0.200. The van der Waals surface area contributed by atoms with Crippen LogP contribution in [0.15, 0.2) is 53.1 Å². The van der Waals surface area contributed by atoms with Crippen molar-refractivity contribution < 1.29 is 9.32 Å². The monoisotopic (exact) mass is 346 g/mol. The number of amides is 1. The second-order valence-electron chi connectivity index (χ2n) is 6.05. The lowest BCUT2D eigenvalue weighted by atomic mass is 10.1. The standard InChI is InChI=1S/C20H18N4O2/c1-14-3-7-16(8-4-14)19-22-18(23-26-19)11-12-24(2)20(25)17-9-5-15(13-21)6-10-17/h3-10H,11-12H2,1-2H3. The van der Waals surface area contributed by atoms with Gasteiger partial charge in [0.05, 0.1) is 11.6 Å². The van der Waals surface area contributed by atoms with E-state index in [1.165, 1.54) is 0 Å². The molecule has 0 aliphatic rings. The van der Waals surface area contributed by atoms with Crippen molar-refractivity contribution >= 4 is 5.91 Å². The summed E-state index contributed by atoms with van der Waals surface area (Å²) >= 11 is 0. The van der Waals surface area contributed by atoms with Crippen LogP contribution in [-0.2, 0) is 6.42 Å². The number of carbonyl (C=O) groups excluding carboxylic acids is 1. The van der Waals surface area contributed by atoms with Crippen LogP contribution in [-0.4, -0.2) is 34.5 Å². The minimum absolute atomic E-state index is 0.114. The molecule has 6 nitrogen and oxygen atoms in total. The molecule has 0 spiro atoms. The summed E-state index contributed by atoms with van der Waals surface area (Å²) in [6.45, 7) is 2.48. The Kier molecular flexibility index (Phi) is 5.09. The van der Waals surface area contributed by atoms with Crippen LogP contribution in [0.4, 0.5) is 0 Å². The molecule has 2 aromatic carbocycles. The average molecular weight is 346 g/mol. The van der Waals surface area contributed by atoms with Gasteiger partial charge in [-0.2, -0.15) is 10.2 Å². The van der Waals surface area contributed by atoms with Gasteiger partial charge in [-0.1, -0.05) is 22.9 Å². The van der Waals surface area contributed by atoms with E-state index in [9.17, 15) is 4.79 Å². The van der Waals surface area contributed by atoms with Crippen molar-refractivity contribution in [1.82, 2.24) is 15.0 Å². The molecule has 3 aromatic rings. The number of likely N-dealkylation sites (N-methyl/N-ethyl adjacent to an activating group) is 1. The fourth-order valence-corrected chi connectivity index (χ4v) is 2.45. The third kappa shape index (κ3) is 3.95. The van der Waals surface area contributed by atoms with Crippen LogP contribution in [0, 0.1) is 18.3 Å². The van der Waals surface area contributed by atoms with Crippen molar-refractivity contribution in [3.05, 3.63) is 71.0 Å². The zero-order chi connectivity index (χ0) is 18.5. The third-order valence-corrected chi connectivity index (χ3v) is 4.05. The minimum Gasteiger partial charge on any atom is -0.341 e. The summed E-state index contributed by atoms with van der Waals surface area (Å²) in [6.07, 6.45) is 0.494. The Morgan fingerprint density at radius 3 is 2.50 bits per heavy atom. The first-order valence-corrected chi connectivity index (χ1v) is 8.22. The third-order valence-electron chi connectivity index (χ3n) is 4.05. The summed E-state index contributed by atoms with van der Waals surface area (Å²) in [5.41, 5.74) is 3.10. The van der Waals surface area contributed by atoms with Crippen molar-refractivity contribution in [2.24, 2.45) is 0 Å².